The lowest BCUT2D eigenvalue weighted by Gasteiger charge is -2.14. The molecule has 6 heteroatoms. The fraction of sp³-hybridized carbons (Fsp3) is 0.214. The minimum Gasteiger partial charge on any atom is -0.493 e. The molecule has 0 saturated heterocycles. The zero-order chi connectivity index (χ0) is 24.8. The average molecular weight is 519 g/mol. The minimum atomic E-state index is -0.471. The highest BCUT2D eigenvalue weighted by Gasteiger charge is 2.15. The topological polar surface area (TPSA) is 71.3 Å². The second kappa shape index (κ2) is 11.0. The molecule has 0 unspecified atom stereocenters. The van der Waals surface area contributed by atoms with Crippen molar-refractivity contribution in [1.29, 1.82) is 5.26 Å². The van der Waals surface area contributed by atoms with Crippen molar-refractivity contribution in [3.05, 3.63) is 92.0 Å². The van der Waals surface area contributed by atoms with Gasteiger partial charge in [-0.1, -0.05) is 30.3 Å². The maximum Gasteiger partial charge on any atom is 0.266 e. The summed E-state index contributed by atoms with van der Waals surface area (Å²) in [5.41, 5.74) is 6.73. The molecule has 1 amide bonds. The Labute approximate surface area is 209 Å². The lowest BCUT2D eigenvalue weighted by Crippen LogP contribution is -2.14. The molecule has 0 spiro atoms. The quantitative estimate of drug-likeness (QED) is 0.275. The Balaban J connectivity index is 1.83. The number of hydrogen-bond acceptors (Lipinski definition) is 4. The third kappa shape index (κ3) is 6.06. The molecule has 0 aliphatic carbocycles. The highest BCUT2D eigenvalue weighted by atomic mass is 79.9. The second-order valence-electron chi connectivity index (χ2n) is 8.18. The monoisotopic (exact) mass is 518 g/mol. The van der Waals surface area contributed by atoms with Crippen molar-refractivity contribution < 1.29 is 14.3 Å². The first-order valence-corrected chi connectivity index (χ1v) is 11.6. The van der Waals surface area contributed by atoms with E-state index >= 15 is 0 Å². The first-order valence-electron chi connectivity index (χ1n) is 10.8. The number of carbonyl (C=O) groups excluding carboxylic acids is 1. The van der Waals surface area contributed by atoms with Gasteiger partial charge in [-0.3, -0.25) is 4.79 Å². The van der Waals surface area contributed by atoms with Crippen LogP contribution in [0.4, 0.5) is 5.69 Å². The number of carbonyl (C=O) groups is 1. The van der Waals surface area contributed by atoms with Crippen molar-refractivity contribution in [2.24, 2.45) is 0 Å². The maximum absolute atomic E-state index is 12.8. The summed E-state index contributed by atoms with van der Waals surface area (Å²) < 4.78 is 12.2. The Morgan fingerprint density at radius 1 is 1.03 bits per heavy atom. The van der Waals surface area contributed by atoms with Crippen molar-refractivity contribution in [1.82, 2.24) is 0 Å². The van der Waals surface area contributed by atoms with Gasteiger partial charge in [-0.2, -0.15) is 5.26 Å². The smallest absolute Gasteiger partial charge is 0.266 e. The van der Waals surface area contributed by atoms with Gasteiger partial charge in [0.1, 0.15) is 18.2 Å². The van der Waals surface area contributed by atoms with E-state index in [-0.39, 0.29) is 5.57 Å². The Bertz CT molecular complexity index is 1310. The van der Waals surface area contributed by atoms with Crippen LogP contribution < -0.4 is 14.8 Å². The van der Waals surface area contributed by atoms with Crippen LogP contribution in [0.1, 0.15) is 33.4 Å². The molecular formula is C28H27BrN2O3. The van der Waals surface area contributed by atoms with Crippen LogP contribution in [0.2, 0.25) is 0 Å². The van der Waals surface area contributed by atoms with Crippen molar-refractivity contribution in [3.63, 3.8) is 0 Å². The van der Waals surface area contributed by atoms with Gasteiger partial charge < -0.3 is 14.8 Å². The number of amides is 1. The third-order valence-electron chi connectivity index (χ3n) is 5.52. The SMILES string of the molecule is COc1cc(/C=C(\C#N)C(=O)Nc2cc(C)ccc2C)cc(Br)c1OCc1ccc(C)c(C)c1. The normalized spacial score (nSPS) is 11.0. The van der Waals surface area contributed by atoms with E-state index in [4.69, 9.17) is 9.47 Å². The van der Waals surface area contributed by atoms with E-state index in [0.717, 1.165) is 16.7 Å². The minimum absolute atomic E-state index is 0.0151. The summed E-state index contributed by atoms with van der Waals surface area (Å²) in [6.45, 7) is 8.38. The summed E-state index contributed by atoms with van der Waals surface area (Å²) in [4.78, 5) is 12.8. The van der Waals surface area contributed by atoms with E-state index < -0.39 is 5.91 Å². The molecule has 1 N–H and O–H groups in total. The first kappa shape index (κ1) is 25.1. The number of rotatable bonds is 7. The highest BCUT2D eigenvalue weighted by molar-refractivity contribution is 9.10. The van der Waals surface area contributed by atoms with Gasteiger partial charge in [0.2, 0.25) is 0 Å². The fourth-order valence-corrected chi connectivity index (χ4v) is 3.96. The molecule has 0 aromatic heterocycles. The lowest BCUT2D eigenvalue weighted by atomic mass is 10.1. The molecule has 0 radical (unpaired) electrons. The van der Waals surface area contributed by atoms with Crippen LogP contribution in [-0.4, -0.2) is 13.0 Å². The summed E-state index contributed by atoms with van der Waals surface area (Å²) in [6, 6.07) is 17.5. The number of benzene rings is 3. The molecule has 3 aromatic rings. The number of nitrogens with one attached hydrogen (secondary N) is 1. The molecule has 0 heterocycles. The Morgan fingerprint density at radius 3 is 2.44 bits per heavy atom. The summed E-state index contributed by atoms with van der Waals surface area (Å²) in [5.74, 6) is 0.578. The number of hydrogen-bond donors (Lipinski definition) is 1. The molecule has 3 aromatic carbocycles. The van der Waals surface area contributed by atoms with Gasteiger partial charge in [0.15, 0.2) is 11.5 Å². The molecule has 0 atom stereocenters. The number of nitriles is 1. The Morgan fingerprint density at radius 2 is 1.76 bits per heavy atom. The predicted molar refractivity (Wildman–Crippen MR) is 139 cm³/mol. The van der Waals surface area contributed by atoms with Crippen LogP contribution in [0.25, 0.3) is 6.08 Å². The largest absolute Gasteiger partial charge is 0.493 e. The molecule has 174 valence electrons. The number of aryl methyl sites for hydroxylation is 4. The number of methoxy groups -OCH3 is 1. The van der Waals surface area contributed by atoms with Crippen LogP contribution in [0.3, 0.4) is 0 Å². The molecule has 0 bridgehead atoms. The van der Waals surface area contributed by atoms with E-state index in [1.807, 2.05) is 44.2 Å². The van der Waals surface area contributed by atoms with Crippen LogP contribution in [-0.2, 0) is 11.4 Å². The number of ether oxygens (including phenoxy) is 2. The van der Waals surface area contributed by atoms with Gasteiger partial charge in [0, 0.05) is 5.69 Å². The maximum atomic E-state index is 12.8. The van der Waals surface area contributed by atoms with E-state index in [9.17, 15) is 10.1 Å². The van der Waals surface area contributed by atoms with Crippen LogP contribution in [0.15, 0.2) is 58.6 Å². The third-order valence-corrected chi connectivity index (χ3v) is 6.11. The molecular weight excluding hydrogens is 492 g/mol. The van der Waals surface area contributed by atoms with E-state index in [0.29, 0.717) is 33.8 Å². The second-order valence-corrected chi connectivity index (χ2v) is 9.04. The van der Waals surface area contributed by atoms with Gasteiger partial charge in [-0.25, -0.2) is 0 Å². The van der Waals surface area contributed by atoms with Gasteiger partial charge in [-0.15, -0.1) is 0 Å². The number of anilines is 1. The summed E-state index contributed by atoms with van der Waals surface area (Å²) in [5, 5.41) is 12.4. The number of halogens is 1. The Hall–Kier alpha value is -3.56. The predicted octanol–water partition coefficient (Wildman–Crippen LogP) is 6.82. The van der Waals surface area contributed by atoms with Crippen LogP contribution >= 0.6 is 15.9 Å². The van der Waals surface area contributed by atoms with Gasteiger partial charge in [0.25, 0.3) is 5.91 Å². The highest BCUT2D eigenvalue weighted by Crippen LogP contribution is 2.38. The van der Waals surface area contributed by atoms with Crippen molar-refractivity contribution in [2.45, 2.75) is 34.3 Å². The molecule has 34 heavy (non-hydrogen) atoms. The zero-order valence-electron chi connectivity index (χ0n) is 20.0. The Kier molecular flexibility index (Phi) is 8.14. The van der Waals surface area contributed by atoms with Crippen molar-refractivity contribution in [3.8, 4) is 17.6 Å². The first-order chi connectivity index (χ1) is 16.2. The van der Waals surface area contributed by atoms with Crippen molar-refractivity contribution >= 4 is 33.6 Å². The van der Waals surface area contributed by atoms with Gasteiger partial charge in [0.05, 0.1) is 11.6 Å². The molecule has 5 nitrogen and oxygen atoms in total. The van der Waals surface area contributed by atoms with E-state index in [2.05, 4.69) is 47.2 Å². The molecule has 0 aliphatic rings. The fourth-order valence-electron chi connectivity index (χ4n) is 3.39. The van der Waals surface area contributed by atoms with Gasteiger partial charge in [-0.05, 0) is 101 Å². The summed E-state index contributed by atoms with van der Waals surface area (Å²) in [6.07, 6.45) is 1.53. The van der Waals surface area contributed by atoms with Crippen LogP contribution in [0.5, 0.6) is 11.5 Å². The standard InChI is InChI=1S/C28H27BrN2O3/c1-17-6-7-19(3)25(10-17)31-28(32)23(15-30)12-22-13-24(29)27(26(14-22)33-5)34-16-21-9-8-18(2)20(4)11-21/h6-14H,16H2,1-5H3,(H,31,32)/b23-12+. The van der Waals surface area contributed by atoms with Gasteiger partial charge >= 0.3 is 0 Å². The molecule has 0 aliphatic heterocycles. The molecule has 3 rings (SSSR count). The van der Waals surface area contributed by atoms with E-state index in [1.54, 1.807) is 19.2 Å². The molecule has 0 saturated carbocycles. The summed E-state index contributed by atoms with van der Waals surface area (Å²) in [7, 11) is 1.55. The zero-order valence-corrected chi connectivity index (χ0v) is 21.5. The van der Waals surface area contributed by atoms with Crippen LogP contribution in [0, 0.1) is 39.0 Å². The lowest BCUT2D eigenvalue weighted by molar-refractivity contribution is -0.112. The van der Waals surface area contributed by atoms with E-state index in [1.165, 1.54) is 17.2 Å². The number of nitrogens with zero attached hydrogens (tertiary/aromatic N) is 1. The average Bonchev–Trinajstić information content (AvgIpc) is 2.80. The van der Waals surface area contributed by atoms with Crippen molar-refractivity contribution in [2.75, 3.05) is 12.4 Å². The molecule has 0 fully saturated rings. The summed E-state index contributed by atoms with van der Waals surface area (Å²) >= 11 is 3.54.